The fourth-order valence-electron chi connectivity index (χ4n) is 3.14. The van der Waals surface area contributed by atoms with Gasteiger partial charge in [0.15, 0.2) is 0 Å². The molecule has 2 aliphatic rings. The first-order valence-electron chi connectivity index (χ1n) is 8.31. The van der Waals surface area contributed by atoms with Crippen LogP contribution in [0.2, 0.25) is 5.02 Å². The first-order chi connectivity index (χ1) is 12.2. The minimum Gasteiger partial charge on any atom is -0.378 e. The summed E-state index contributed by atoms with van der Waals surface area (Å²) >= 11 is 11.4. The van der Waals surface area contributed by atoms with Crippen LogP contribution in [0, 0.1) is 0 Å². The second kappa shape index (κ2) is 7.15. The molecule has 1 saturated heterocycles. The van der Waals surface area contributed by atoms with Crippen molar-refractivity contribution in [3.63, 3.8) is 0 Å². The second-order valence-corrected chi connectivity index (χ2v) is 6.99. The van der Waals surface area contributed by atoms with Crippen LogP contribution in [-0.2, 0) is 11.3 Å². The van der Waals surface area contributed by atoms with Crippen LogP contribution in [0.15, 0.2) is 36.5 Å². The van der Waals surface area contributed by atoms with Crippen molar-refractivity contribution in [2.45, 2.75) is 6.54 Å². The largest absolute Gasteiger partial charge is 0.378 e. The minimum atomic E-state index is 0.669. The maximum absolute atomic E-state index is 5.99. The van der Waals surface area contributed by atoms with Gasteiger partial charge in [-0.25, -0.2) is 4.98 Å². The standard InChI is InChI=1S/C18H19ClN4OS/c19-14-3-1-13(2-4-14)11-23-12-21-18(25)17-16(23)9-15(10-20-17)22-5-7-24-8-6-22/h1-4,9-10H,5-8,11-12H2,(H,21,25). The molecular formula is C18H19ClN4OS. The summed E-state index contributed by atoms with van der Waals surface area (Å²) in [7, 11) is 0. The number of hydrogen-bond acceptors (Lipinski definition) is 5. The highest BCUT2D eigenvalue weighted by atomic mass is 35.5. The highest BCUT2D eigenvalue weighted by Gasteiger charge is 2.23. The van der Waals surface area contributed by atoms with Gasteiger partial charge in [0.2, 0.25) is 0 Å². The number of morpholine rings is 1. The molecule has 0 spiro atoms. The fraction of sp³-hybridized carbons (Fsp3) is 0.333. The Morgan fingerprint density at radius 3 is 2.72 bits per heavy atom. The van der Waals surface area contributed by atoms with Gasteiger partial charge in [0.05, 0.1) is 37.5 Å². The molecule has 130 valence electrons. The molecule has 1 aromatic carbocycles. The van der Waals surface area contributed by atoms with Gasteiger partial charge in [-0.05, 0) is 23.8 Å². The summed E-state index contributed by atoms with van der Waals surface area (Å²) in [6.07, 6.45) is 1.91. The predicted molar refractivity (Wildman–Crippen MR) is 105 cm³/mol. The van der Waals surface area contributed by atoms with Crippen molar-refractivity contribution < 1.29 is 4.74 Å². The lowest BCUT2D eigenvalue weighted by Gasteiger charge is -2.34. The molecule has 1 aromatic heterocycles. The summed E-state index contributed by atoms with van der Waals surface area (Å²) in [5.74, 6) is 0. The Labute approximate surface area is 157 Å². The maximum Gasteiger partial charge on any atom is 0.128 e. The molecule has 2 aliphatic heterocycles. The van der Waals surface area contributed by atoms with E-state index in [2.05, 4.69) is 26.2 Å². The molecule has 0 unspecified atom stereocenters. The van der Waals surface area contributed by atoms with Crippen LogP contribution in [0.25, 0.3) is 0 Å². The number of anilines is 2. The molecule has 0 saturated carbocycles. The lowest BCUT2D eigenvalue weighted by Crippen LogP contribution is -2.43. The zero-order valence-corrected chi connectivity index (χ0v) is 15.3. The Balaban J connectivity index is 1.63. The normalized spacial score (nSPS) is 17.2. The average Bonchev–Trinajstić information content (AvgIpc) is 2.66. The van der Waals surface area contributed by atoms with Crippen LogP contribution in [0.1, 0.15) is 11.3 Å². The van der Waals surface area contributed by atoms with E-state index in [0.29, 0.717) is 11.7 Å². The van der Waals surface area contributed by atoms with Gasteiger partial charge in [0.1, 0.15) is 10.7 Å². The predicted octanol–water partition coefficient (Wildman–Crippen LogP) is 2.81. The summed E-state index contributed by atoms with van der Waals surface area (Å²) in [5, 5.41) is 4.00. The Bertz CT molecular complexity index is 777. The number of nitrogens with one attached hydrogen (secondary N) is 1. The summed E-state index contributed by atoms with van der Waals surface area (Å²) < 4.78 is 5.45. The van der Waals surface area contributed by atoms with E-state index >= 15 is 0 Å². The van der Waals surface area contributed by atoms with E-state index in [-0.39, 0.29) is 0 Å². The van der Waals surface area contributed by atoms with Gasteiger partial charge in [-0.3, -0.25) is 0 Å². The Morgan fingerprint density at radius 2 is 1.96 bits per heavy atom. The van der Waals surface area contributed by atoms with Crippen molar-refractivity contribution in [2.75, 3.05) is 42.8 Å². The smallest absolute Gasteiger partial charge is 0.128 e. The van der Waals surface area contributed by atoms with E-state index in [4.69, 9.17) is 28.6 Å². The van der Waals surface area contributed by atoms with E-state index in [9.17, 15) is 0 Å². The van der Waals surface area contributed by atoms with E-state index in [0.717, 1.165) is 54.9 Å². The Kier molecular flexibility index (Phi) is 4.74. The van der Waals surface area contributed by atoms with Crippen LogP contribution in [-0.4, -0.2) is 42.9 Å². The molecular weight excluding hydrogens is 356 g/mol. The monoisotopic (exact) mass is 374 g/mol. The summed E-state index contributed by atoms with van der Waals surface area (Å²) in [4.78, 5) is 9.90. The van der Waals surface area contributed by atoms with Crippen LogP contribution in [0.4, 0.5) is 11.4 Å². The number of pyridine rings is 1. The number of rotatable bonds is 3. The zero-order chi connectivity index (χ0) is 17.2. The van der Waals surface area contributed by atoms with Crippen molar-refractivity contribution >= 4 is 40.2 Å². The van der Waals surface area contributed by atoms with Gasteiger partial charge in [0, 0.05) is 24.7 Å². The maximum atomic E-state index is 5.99. The number of hydrogen-bond donors (Lipinski definition) is 1. The first kappa shape index (κ1) is 16.6. The van der Waals surface area contributed by atoms with Gasteiger partial charge in [-0.1, -0.05) is 36.0 Å². The molecule has 1 N–H and O–H groups in total. The van der Waals surface area contributed by atoms with Crippen molar-refractivity contribution in [1.29, 1.82) is 0 Å². The first-order valence-corrected chi connectivity index (χ1v) is 9.10. The van der Waals surface area contributed by atoms with Crippen molar-refractivity contribution in [3.05, 3.63) is 52.8 Å². The lowest BCUT2D eigenvalue weighted by molar-refractivity contribution is 0.122. The van der Waals surface area contributed by atoms with Gasteiger partial charge in [-0.2, -0.15) is 0 Å². The van der Waals surface area contributed by atoms with Crippen molar-refractivity contribution in [1.82, 2.24) is 10.3 Å². The topological polar surface area (TPSA) is 40.6 Å². The Hall–Kier alpha value is -1.89. The molecule has 4 rings (SSSR count). The Morgan fingerprint density at radius 1 is 1.20 bits per heavy atom. The third kappa shape index (κ3) is 3.56. The molecule has 1 fully saturated rings. The number of thiocarbonyl (C=S) groups is 1. The SMILES string of the molecule is S=C1NCN(Cc2ccc(Cl)cc2)c2cc(N3CCOCC3)cnc21. The molecule has 0 amide bonds. The third-order valence-electron chi connectivity index (χ3n) is 4.50. The molecule has 0 radical (unpaired) electrons. The molecule has 0 bridgehead atoms. The molecule has 25 heavy (non-hydrogen) atoms. The molecule has 7 heteroatoms. The highest BCUT2D eigenvalue weighted by molar-refractivity contribution is 7.80. The van der Waals surface area contributed by atoms with E-state index < -0.39 is 0 Å². The fourth-order valence-corrected chi connectivity index (χ4v) is 3.49. The minimum absolute atomic E-state index is 0.669. The summed E-state index contributed by atoms with van der Waals surface area (Å²) in [6.45, 7) is 4.73. The second-order valence-electron chi connectivity index (χ2n) is 6.15. The molecule has 5 nitrogen and oxygen atoms in total. The zero-order valence-electron chi connectivity index (χ0n) is 13.7. The molecule has 2 aromatic rings. The lowest BCUT2D eigenvalue weighted by atomic mass is 10.1. The third-order valence-corrected chi connectivity index (χ3v) is 5.09. The average molecular weight is 375 g/mol. The molecule has 3 heterocycles. The highest BCUT2D eigenvalue weighted by Crippen LogP contribution is 2.29. The number of aromatic nitrogens is 1. The number of nitrogens with zero attached hydrogens (tertiary/aromatic N) is 3. The number of halogens is 1. The quantitative estimate of drug-likeness (QED) is 0.833. The molecule has 0 aliphatic carbocycles. The number of benzene rings is 1. The van der Waals surface area contributed by atoms with E-state index in [1.54, 1.807) is 0 Å². The van der Waals surface area contributed by atoms with E-state index in [1.807, 2.05) is 30.5 Å². The van der Waals surface area contributed by atoms with Crippen LogP contribution in [0.5, 0.6) is 0 Å². The summed E-state index contributed by atoms with van der Waals surface area (Å²) in [6, 6.07) is 10.1. The van der Waals surface area contributed by atoms with Gasteiger partial charge < -0.3 is 19.9 Å². The van der Waals surface area contributed by atoms with Crippen LogP contribution in [0.3, 0.4) is 0 Å². The van der Waals surface area contributed by atoms with E-state index in [1.165, 1.54) is 5.56 Å². The number of fused-ring (bicyclic) bond motifs is 1. The molecule has 0 atom stereocenters. The van der Waals surface area contributed by atoms with Crippen LogP contribution >= 0.6 is 23.8 Å². The van der Waals surface area contributed by atoms with Gasteiger partial charge in [-0.15, -0.1) is 0 Å². The van der Waals surface area contributed by atoms with Crippen molar-refractivity contribution in [3.8, 4) is 0 Å². The van der Waals surface area contributed by atoms with Gasteiger partial charge >= 0.3 is 0 Å². The number of ether oxygens (including phenoxy) is 1. The van der Waals surface area contributed by atoms with Gasteiger partial charge in [0.25, 0.3) is 0 Å². The van der Waals surface area contributed by atoms with Crippen molar-refractivity contribution in [2.24, 2.45) is 0 Å². The van der Waals surface area contributed by atoms with Crippen LogP contribution < -0.4 is 15.1 Å². The summed E-state index contributed by atoms with van der Waals surface area (Å²) in [5.41, 5.74) is 4.23.